The number of nitrogens with one attached hydrogen (secondary N) is 1. The first-order valence-electron chi connectivity index (χ1n) is 7.51. The predicted octanol–water partition coefficient (Wildman–Crippen LogP) is 2.66. The van der Waals surface area contributed by atoms with Crippen molar-refractivity contribution in [3.8, 4) is 0 Å². The van der Waals surface area contributed by atoms with Crippen molar-refractivity contribution in [3.63, 3.8) is 0 Å². The molecule has 0 radical (unpaired) electrons. The second kappa shape index (κ2) is 7.48. The van der Waals surface area contributed by atoms with Gasteiger partial charge in [0.05, 0.1) is 0 Å². The Bertz CT molecular complexity index is 423. The number of hydrogen-bond acceptors (Lipinski definition) is 2. The van der Waals surface area contributed by atoms with E-state index in [0.717, 1.165) is 6.54 Å². The van der Waals surface area contributed by atoms with Crippen LogP contribution in [0.1, 0.15) is 46.2 Å². The van der Waals surface area contributed by atoms with Crippen LogP contribution in [-0.4, -0.2) is 35.0 Å². The molecule has 1 aromatic rings. The average molecular weight is 279 g/mol. The molecule has 1 heterocycles. The van der Waals surface area contributed by atoms with Gasteiger partial charge in [0, 0.05) is 31.5 Å². The van der Waals surface area contributed by atoms with Crippen molar-refractivity contribution in [2.45, 2.75) is 53.2 Å². The molecule has 0 aliphatic heterocycles. The van der Waals surface area contributed by atoms with Crippen LogP contribution in [0.2, 0.25) is 0 Å². The number of rotatable bonds is 7. The standard InChI is InChI=1S/C16H29N3O/c1-7-17-16(12(2)3)14-8-9-19(10-14)11-15(20)18(6)13(4)5/h8-10,12-13,16-17H,7,11H2,1-6H3. The van der Waals surface area contributed by atoms with E-state index < -0.39 is 0 Å². The monoisotopic (exact) mass is 279 g/mol. The fourth-order valence-electron chi connectivity index (χ4n) is 2.26. The first kappa shape index (κ1) is 16.8. The van der Waals surface area contributed by atoms with E-state index in [0.29, 0.717) is 18.5 Å². The third-order valence-electron chi connectivity index (χ3n) is 3.71. The molecule has 1 N–H and O–H groups in total. The van der Waals surface area contributed by atoms with Gasteiger partial charge in [0.2, 0.25) is 5.91 Å². The summed E-state index contributed by atoms with van der Waals surface area (Å²) < 4.78 is 1.98. The molecule has 0 aliphatic rings. The van der Waals surface area contributed by atoms with Gasteiger partial charge >= 0.3 is 0 Å². The predicted molar refractivity (Wildman–Crippen MR) is 83.6 cm³/mol. The van der Waals surface area contributed by atoms with Gasteiger partial charge in [-0.1, -0.05) is 20.8 Å². The zero-order valence-corrected chi connectivity index (χ0v) is 13.7. The molecule has 1 amide bonds. The average Bonchev–Trinajstić information content (AvgIpc) is 2.82. The molecule has 0 saturated carbocycles. The molecule has 1 unspecified atom stereocenters. The molecule has 0 bridgehead atoms. The van der Waals surface area contributed by atoms with Gasteiger partial charge in [0.1, 0.15) is 6.54 Å². The van der Waals surface area contributed by atoms with E-state index >= 15 is 0 Å². The van der Waals surface area contributed by atoms with Crippen LogP contribution in [0.4, 0.5) is 0 Å². The summed E-state index contributed by atoms with van der Waals surface area (Å²) in [5.41, 5.74) is 1.25. The number of carbonyl (C=O) groups excluding carboxylic acids is 1. The fourth-order valence-corrected chi connectivity index (χ4v) is 2.26. The summed E-state index contributed by atoms with van der Waals surface area (Å²) in [5.74, 6) is 0.673. The Morgan fingerprint density at radius 3 is 2.50 bits per heavy atom. The van der Waals surface area contributed by atoms with Crippen molar-refractivity contribution in [2.24, 2.45) is 5.92 Å². The SMILES string of the molecule is CCNC(c1ccn(CC(=O)N(C)C(C)C)c1)C(C)C. The van der Waals surface area contributed by atoms with E-state index in [1.807, 2.05) is 31.7 Å². The van der Waals surface area contributed by atoms with Crippen LogP contribution in [-0.2, 0) is 11.3 Å². The van der Waals surface area contributed by atoms with Crippen LogP contribution >= 0.6 is 0 Å². The highest BCUT2D eigenvalue weighted by molar-refractivity contribution is 5.76. The molecule has 0 aromatic carbocycles. The van der Waals surface area contributed by atoms with E-state index in [-0.39, 0.29) is 11.9 Å². The summed E-state index contributed by atoms with van der Waals surface area (Å²) in [4.78, 5) is 13.9. The molecule has 1 rings (SSSR count). The molecule has 114 valence electrons. The quantitative estimate of drug-likeness (QED) is 0.833. The molecule has 0 fully saturated rings. The molecule has 4 heteroatoms. The Morgan fingerprint density at radius 1 is 1.35 bits per heavy atom. The van der Waals surface area contributed by atoms with Crippen LogP contribution < -0.4 is 5.32 Å². The van der Waals surface area contributed by atoms with Crippen molar-refractivity contribution < 1.29 is 4.79 Å². The summed E-state index contributed by atoms with van der Waals surface area (Å²) in [6.45, 7) is 11.9. The van der Waals surface area contributed by atoms with E-state index in [9.17, 15) is 4.79 Å². The first-order chi connectivity index (χ1) is 9.36. The van der Waals surface area contributed by atoms with Crippen LogP contribution in [0.25, 0.3) is 0 Å². The molecule has 0 aliphatic carbocycles. The molecular weight excluding hydrogens is 250 g/mol. The number of carbonyl (C=O) groups is 1. The number of hydrogen-bond donors (Lipinski definition) is 1. The third kappa shape index (κ3) is 4.37. The summed E-state index contributed by atoms with van der Waals surface area (Å²) in [6.07, 6.45) is 4.08. The highest BCUT2D eigenvalue weighted by Crippen LogP contribution is 2.21. The second-order valence-electron chi connectivity index (χ2n) is 5.99. The van der Waals surface area contributed by atoms with Gasteiger partial charge < -0.3 is 14.8 Å². The third-order valence-corrected chi connectivity index (χ3v) is 3.71. The maximum absolute atomic E-state index is 12.1. The fraction of sp³-hybridized carbons (Fsp3) is 0.688. The van der Waals surface area contributed by atoms with E-state index in [4.69, 9.17) is 0 Å². The Hall–Kier alpha value is -1.29. The topological polar surface area (TPSA) is 37.3 Å². The summed E-state index contributed by atoms with van der Waals surface area (Å²) in [7, 11) is 1.85. The van der Waals surface area contributed by atoms with Crippen molar-refractivity contribution in [1.29, 1.82) is 0 Å². The molecule has 1 aromatic heterocycles. The van der Waals surface area contributed by atoms with Crippen LogP contribution in [0.5, 0.6) is 0 Å². The van der Waals surface area contributed by atoms with Gasteiger partial charge in [0.25, 0.3) is 0 Å². The molecule has 1 atom stereocenters. The van der Waals surface area contributed by atoms with Gasteiger partial charge in [-0.15, -0.1) is 0 Å². The van der Waals surface area contributed by atoms with Gasteiger partial charge in [-0.05, 0) is 37.9 Å². The maximum atomic E-state index is 12.1. The van der Waals surface area contributed by atoms with E-state index in [2.05, 4.69) is 38.4 Å². The zero-order valence-electron chi connectivity index (χ0n) is 13.7. The van der Waals surface area contributed by atoms with Gasteiger partial charge in [0.15, 0.2) is 0 Å². The van der Waals surface area contributed by atoms with E-state index in [1.54, 1.807) is 4.90 Å². The minimum Gasteiger partial charge on any atom is -0.345 e. The molecule has 20 heavy (non-hydrogen) atoms. The largest absolute Gasteiger partial charge is 0.345 e. The molecule has 0 saturated heterocycles. The smallest absolute Gasteiger partial charge is 0.242 e. The highest BCUT2D eigenvalue weighted by Gasteiger charge is 2.17. The Labute approximate surface area is 123 Å². The lowest BCUT2D eigenvalue weighted by Gasteiger charge is -2.22. The summed E-state index contributed by atoms with van der Waals surface area (Å²) in [5, 5.41) is 3.50. The van der Waals surface area contributed by atoms with Crippen LogP contribution in [0.15, 0.2) is 18.5 Å². The molecular formula is C16H29N3O. The Morgan fingerprint density at radius 2 is 2.00 bits per heavy atom. The summed E-state index contributed by atoms with van der Waals surface area (Å²) in [6, 6.07) is 2.69. The van der Waals surface area contributed by atoms with Gasteiger partial charge in [-0.2, -0.15) is 0 Å². The zero-order chi connectivity index (χ0) is 15.3. The minimum atomic E-state index is 0.145. The van der Waals surface area contributed by atoms with Gasteiger partial charge in [-0.25, -0.2) is 0 Å². The van der Waals surface area contributed by atoms with Crippen molar-refractivity contribution in [2.75, 3.05) is 13.6 Å². The number of aromatic nitrogens is 1. The Balaban J connectivity index is 2.74. The maximum Gasteiger partial charge on any atom is 0.242 e. The van der Waals surface area contributed by atoms with Crippen molar-refractivity contribution in [1.82, 2.24) is 14.8 Å². The normalized spacial score (nSPS) is 13.0. The first-order valence-corrected chi connectivity index (χ1v) is 7.51. The van der Waals surface area contributed by atoms with E-state index in [1.165, 1.54) is 5.56 Å². The van der Waals surface area contributed by atoms with Crippen molar-refractivity contribution in [3.05, 3.63) is 24.0 Å². The lowest BCUT2D eigenvalue weighted by molar-refractivity contribution is -0.131. The molecule has 0 spiro atoms. The number of likely N-dealkylation sites (N-methyl/N-ethyl adjacent to an activating group) is 1. The van der Waals surface area contributed by atoms with Crippen molar-refractivity contribution >= 4 is 5.91 Å². The summed E-state index contributed by atoms with van der Waals surface area (Å²) >= 11 is 0. The highest BCUT2D eigenvalue weighted by atomic mass is 16.2. The molecule has 4 nitrogen and oxygen atoms in total. The lowest BCUT2D eigenvalue weighted by atomic mass is 9.98. The number of amides is 1. The lowest BCUT2D eigenvalue weighted by Crippen LogP contribution is -2.35. The van der Waals surface area contributed by atoms with Crippen LogP contribution in [0.3, 0.4) is 0 Å². The van der Waals surface area contributed by atoms with Gasteiger partial charge in [-0.3, -0.25) is 4.79 Å². The Kier molecular flexibility index (Phi) is 6.27. The minimum absolute atomic E-state index is 0.145. The number of nitrogens with zero attached hydrogens (tertiary/aromatic N) is 2. The van der Waals surface area contributed by atoms with Crippen LogP contribution in [0, 0.1) is 5.92 Å². The second-order valence-corrected chi connectivity index (χ2v) is 5.99.